The van der Waals surface area contributed by atoms with Gasteiger partial charge in [-0.15, -0.1) is 10.2 Å². The summed E-state index contributed by atoms with van der Waals surface area (Å²) in [4.78, 5) is 0. The van der Waals surface area contributed by atoms with E-state index in [0.29, 0.717) is 12.5 Å². The van der Waals surface area contributed by atoms with Crippen molar-refractivity contribution in [1.29, 1.82) is 0 Å². The molecule has 0 spiro atoms. The molecular weight excluding hydrogens is 188 g/mol. The topological polar surface area (TPSA) is 56.7 Å². The van der Waals surface area contributed by atoms with Crippen LogP contribution >= 0.6 is 0 Å². The number of hydrogen-bond acceptors (Lipinski definition) is 3. The molecule has 0 aromatic carbocycles. The standard InChI is InChI=1S/C11H22N4/c1-8(2)6-9-13-14-10(7-12)15(9)11(3,4)5/h8H,6-7,12H2,1-5H3. The molecule has 0 bridgehead atoms. The quantitative estimate of drug-likeness (QED) is 0.826. The zero-order valence-electron chi connectivity index (χ0n) is 10.4. The molecule has 2 N–H and O–H groups in total. The first kappa shape index (κ1) is 12.2. The summed E-state index contributed by atoms with van der Waals surface area (Å²) in [5.41, 5.74) is 5.67. The average molecular weight is 210 g/mol. The lowest BCUT2D eigenvalue weighted by Crippen LogP contribution is -2.28. The molecule has 4 nitrogen and oxygen atoms in total. The Morgan fingerprint density at radius 2 is 1.73 bits per heavy atom. The van der Waals surface area contributed by atoms with Gasteiger partial charge < -0.3 is 10.3 Å². The van der Waals surface area contributed by atoms with Gasteiger partial charge in [0.2, 0.25) is 0 Å². The van der Waals surface area contributed by atoms with Gasteiger partial charge in [-0.2, -0.15) is 0 Å². The molecule has 0 radical (unpaired) electrons. The highest BCUT2D eigenvalue weighted by atomic mass is 15.3. The van der Waals surface area contributed by atoms with Crippen molar-refractivity contribution in [1.82, 2.24) is 14.8 Å². The molecule has 0 saturated carbocycles. The molecule has 0 aliphatic carbocycles. The van der Waals surface area contributed by atoms with Crippen LogP contribution in [0, 0.1) is 5.92 Å². The first-order valence-electron chi connectivity index (χ1n) is 5.50. The highest BCUT2D eigenvalue weighted by Crippen LogP contribution is 2.20. The van der Waals surface area contributed by atoms with Crippen LogP contribution in [0.4, 0.5) is 0 Å². The Morgan fingerprint density at radius 3 is 2.13 bits per heavy atom. The van der Waals surface area contributed by atoms with E-state index in [1.807, 2.05) is 0 Å². The normalized spacial score (nSPS) is 12.5. The Labute approximate surface area is 91.9 Å². The molecule has 15 heavy (non-hydrogen) atoms. The molecule has 1 heterocycles. The van der Waals surface area contributed by atoms with E-state index >= 15 is 0 Å². The van der Waals surface area contributed by atoms with Gasteiger partial charge in [0.05, 0.1) is 6.54 Å². The monoisotopic (exact) mass is 210 g/mol. The van der Waals surface area contributed by atoms with Crippen LogP contribution in [0.3, 0.4) is 0 Å². The SMILES string of the molecule is CC(C)Cc1nnc(CN)n1C(C)(C)C. The number of rotatable bonds is 3. The number of hydrogen-bond donors (Lipinski definition) is 1. The lowest BCUT2D eigenvalue weighted by atomic mass is 10.1. The van der Waals surface area contributed by atoms with E-state index in [1.54, 1.807) is 0 Å². The molecule has 0 fully saturated rings. The van der Waals surface area contributed by atoms with Crippen molar-refractivity contribution < 1.29 is 0 Å². The third kappa shape index (κ3) is 2.78. The summed E-state index contributed by atoms with van der Waals surface area (Å²) in [5.74, 6) is 2.50. The smallest absolute Gasteiger partial charge is 0.147 e. The van der Waals surface area contributed by atoms with Crippen molar-refractivity contribution in [3.05, 3.63) is 11.6 Å². The number of nitrogens with two attached hydrogens (primary N) is 1. The molecule has 1 aromatic heterocycles. The minimum Gasteiger partial charge on any atom is -0.324 e. The molecule has 0 atom stereocenters. The largest absolute Gasteiger partial charge is 0.324 e. The summed E-state index contributed by atoms with van der Waals surface area (Å²) >= 11 is 0. The second-order valence-corrected chi connectivity index (χ2v) is 5.34. The Hall–Kier alpha value is -0.900. The van der Waals surface area contributed by atoms with Crippen LogP contribution in [0.15, 0.2) is 0 Å². The van der Waals surface area contributed by atoms with E-state index < -0.39 is 0 Å². The third-order valence-electron chi connectivity index (χ3n) is 2.24. The van der Waals surface area contributed by atoms with Crippen LogP contribution in [-0.4, -0.2) is 14.8 Å². The van der Waals surface area contributed by atoms with E-state index in [1.165, 1.54) is 0 Å². The lowest BCUT2D eigenvalue weighted by Gasteiger charge is -2.25. The third-order valence-corrected chi connectivity index (χ3v) is 2.24. The van der Waals surface area contributed by atoms with Gasteiger partial charge in [0, 0.05) is 12.0 Å². The van der Waals surface area contributed by atoms with Gasteiger partial charge in [-0.25, -0.2) is 0 Å². The van der Waals surface area contributed by atoms with Crippen LogP contribution in [0.1, 0.15) is 46.3 Å². The fourth-order valence-electron chi connectivity index (χ4n) is 1.76. The first-order valence-corrected chi connectivity index (χ1v) is 5.50. The average Bonchev–Trinajstić information content (AvgIpc) is 2.45. The van der Waals surface area contributed by atoms with Gasteiger partial charge >= 0.3 is 0 Å². The minimum atomic E-state index is 0.00241. The predicted molar refractivity (Wildman–Crippen MR) is 61.5 cm³/mol. The Kier molecular flexibility index (Phi) is 3.50. The van der Waals surface area contributed by atoms with Gasteiger partial charge in [0.25, 0.3) is 0 Å². The molecule has 86 valence electrons. The number of nitrogens with zero attached hydrogens (tertiary/aromatic N) is 3. The molecule has 4 heteroatoms. The van der Waals surface area contributed by atoms with Crippen molar-refractivity contribution in [3.63, 3.8) is 0 Å². The van der Waals surface area contributed by atoms with Crippen LogP contribution in [-0.2, 0) is 18.5 Å². The predicted octanol–water partition coefficient (Wildman–Crippen LogP) is 1.69. The summed E-state index contributed by atoms with van der Waals surface area (Å²) in [5, 5.41) is 8.37. The van der Waals surface area contributed by atoms with E-state index in [4.69, 9.17) is 5.73 Å². The van der Waals surface area contributed by atoms with Crippen LogP contribution in [0.5, 0.6) is 0 Å². The van der Waals surface area contributed by atoms with Gasteiger partial charge in [-0.05, 0) is 26.7 Å². The fraction of sp³-hybridized carbons (Fsp3) is 0.818. The second-order valence-electron chi connectivity index (χ2n) is 5.34. The Bertz CT molecular complexity index is 320. The molecule has 0 saturated heterocycles. The molecule has 0 amide bonds. The molecule has 0 aliphatic rings. The maximum absolute atomic E-state index is 5.67. The van der Waals surface area contributed by atoms with Crippen molar-refractivity contribution >= 4 is 0 Å². The minimum absolute atomic E-state index is 0.00241. The molecule has 1 aromatic rings. The molecular formula is C11H22N4. The highest BCUT2D eigenvalue weighted by molar-refractivity contribution is 5.01. The van der Waals surface area contributed by atoms with Gasteiger partial charge in [0.15, 0.2) is 0 Å². The Balaban J connectivity index is 3.12. The second kappa shape index (κ2) is 4.31. The van der Waals surface area contributed by atoms with Crippen LogP contribution in [0.2, 0.25) is 0 Å². The van der Waals surface area contributed by atoms with Gasteiger partial charge in [-0.3, -0.25) is 0 Å². The van der Waals surface area contributed by atoms with Gasteiger partial charge in [0.1, 0.15) is 11.6 Å². The van der Waals surface area contributed by atoms with Crippen molar-refractivity contribution in [3.8, 4) is 0 Å². The molecule has 1 rings (SSSR count). The maximum Gasteiger partial charge on any atom is 0.147 e. The molecule has 0 aliphatic heterocycles. The summed E-state index contributed by atoms with van der Waals surface area (Å²) in [6.07, 6.45) is 0.949. The Morgan fingerprint density at radius 1 is 1.20 bits per heavy atom. The number of aromatic nitrogens is 3. The van der Waals surface area contributed by atoms with Crippen molar-refractivity contribution in [2.24, 2.45) is 11.7 Å². The zero-order valence-corrected chi connectivity index (χ0v) is 10.4. The maximum atomic E-state index is 5.67. The summed E-state index contributed by atoms with van der Waals surface area (Å²) in [6.45, 7) is 11.3. The summed E-state index contributed by atoms with van der Waals surface area (Å²) in [6, 6.07) is 0. The van der Waals surface area contributed by atoms with Gasteiger partial charge in [-0.1, -0.05) is 13.8 Å². The van der Waals surface area contributed by atoms with E-state index in [0.717, 1.165) is 18.1 Å². The summed E-state index contributed by atoms with van der Waals surface area (Å²) < 4.78 is 2.16. The fourth-order valence-corrected chi connectivity index (χ4v) is 1.76. The van der Waals surface area contributed by atoms with E-state index in [-0.39, 0.29) is 5.54 Å². The molecule has 0 unspecified atom stereocenters. The lowest BCUT2D eigenvalue weighted by molar-refractivity contribution is 0.363. The van der Waals surface area contributed by atoms with Crippen molar-refractivity contribution in [2.45, 2.75) is 53.1 Å². The van der Waals surface area contributed by atoms with E-state index in [9.17, 15) is 0 Å². The highest BCUT2D eigenvalue weighted by Gasteiger charge is 2.22. The first-order chi connectivity index (χ1) is 6.86. The van der Waals surface area contributed by atoms with Crippen LogP contribution < -0.4 is 5.73 Å². The zero-order chi connectivity index (χ0) is 11.6. The van der Waals surface area contributed by atoms with Crippen molar-refractivity contribution in [2.75, 3.05) is 0 Å². The van der Waals surface area contributed by atoms with E-state index in [2.05, 4.69) is 49.4 Å². The summed E-state index contributed by atoms with van der Waals surface area (Å²) in [7, 11) is 0. The van der Waals surface area contributed by atoms with Crippen LogP contribution in [0.25, 0.3) is 0 Å².